The van der Waals surface area contributed by atoms with E-state index >= 15 is 0 Å². The molecule has 2 N–H and O–H groups in total. The quantitative estimate of drug-likeness (QED) is 0.694. The summed E-state index contributed by atoms with van der Waals surface area (Å²) in [5.41, 5.74) is 1.22. The molecule has 0 amide bonds. The zero-order valence-corrected chi connectivity index (χ0v) is 13.5. The molecule has 0 aromatic heterocycles. The van der Waals surface area contributed by atoms with Gasteiger partial charge in [-0.05, 0) is 51.2 Å². The summed E-state index contributed by atoms with van der Waals surface area (Å²) in [6.45, 7) is 6.71. The van der Waals surface area contributed by atoms with Crippen LogP contribution in [0.3, 0.4) is 0 Å². The van der Waals surface area contributed by atoms with Crippen LogP contribution in [0.15, 0.2) is 30.3 Å². The van der Waals surface area contributed by atoms with Gasteiger partial charge in [0.2, 0.25) is 0 Å². The molecule has 1 aliphatic carbocycles. The minimum atomic E-state index is -0.0722. The maximum Gasteiger partial charge on any atom is 0.0613 e. The van der Waals surface area contributed by atoms with Gasteiger partial charge in [-0.25, -0.2) is 0 Å². The number of para-hydroxylation sites is 1. The summed E-state index contributed by atoms with van der Waals surface area (Å²) >= 11 is 0. The predicted octanol–water partition coefficient (Wildman–Crippen LogP) is 3.19. The maximum absolute atomic E-state index is 9.82. The SMILES string of the molecule is CCN(CCCC(CC)(CO)NC1CC1)c1ccccc1. The second kappa shape index (κ2) is 7.81. The molecular weight excluding hydrogens is 260 g/mol. The van der Waals surface area contributed by atoms with Crippen molar-refractivity contribution in [3.63, 3.8) is 0 Å². The van der Waals surface area contributed by atoms with Crippen LogP contribution in [0.5, 0.6) is 0 Å². The molecule has 0 radical (unpaired) electrons. The van der Waals surface area contributed by atoms with E-state index in [0.717, 1.165) is 32.4 Å². The molecule has 0 heterocycles. The van der Waals surface area contributed by atoms with Gasteiger partial charge in [0.1, 0.15) is 0 Å². The first-order chi connectivity index (χ1) is 10.2. The van der Waals surface area contributed by atoms with Crippen LogP contribution in [0.2, 0.25) is 0 Å². The van der Waals surface area contributed by atoms with Crippen molar-refractivity contribution in [3.8, 4) is 0 Å². The predicted molar refractivity (Wildman–Crippen MR) is 89.8 cm³/mol. The highest BCUT2D eigenvalue weighted by Crippen LogP contribution is 2.27. The van der Waals surface area contributed by atoms with Gasteiger partial charge in [0.25, 0.3) is 0 Å². The smallest absolute Gasteiger partial charge is 0.0613 e. The van der Waals surface area contributed by atoms with Crippen LogP contribution < -0.4 is 10.2 Å². The number of benzene rings is 1. The number of nitrogens with zero attached hydrogens (tertiary/aromatic N) is 1. The van der Waals surface area contributed by atoms with Gasteiger partial charge >= 0.3 is 0 Å². The minimum Gasteiger partial charge on any atom is -0.394 e. The molecule has 118 valence electrons. The van der Waals surface area contributed by atoms with E-state index in [2.05, 4.69) is 54.4 Å². The van der Waals surface area contributed by atoms with Crippen LogP contribution in [-0.2, 0) is 0 Å². The lowest BCUT2D eigenvalue weighted by atomic mass is 9.91. The van der Waals surface area contributed by atoms with E-state index in [1.54, 1.807) is 0 Å². The Labute approximate surface area is 129 Å². The lowest BCUT2D eigenvalue weighted by Crippen LogP contribution is -2.49. The van der Waals surface area contributed by atoms with Crippen molar-refractivity contribution in [2.45, 2.75) is 57.5 Å². The molecule has 1 fully saturated rings. The first-order valence-electron chi connectivity index (χ1n) is 8.41. The highest BCUT2D eigenvalue weighted by atomic mass is 16.3. The van der Waals surface area contributed by atoms with Crippen LogP contribution in [0.4, 0.5) is 5.69 Å². The summed E-state index contributed by atoms with van der Waals surface area (Å²) < 4.78 is 0. The average Bonchev–Trinajstić information content (AvgIpc) is 3.35. The molecule has 1 aromatic carbocycles. The number of hydrogen-bond acceptors (Lipinski definition) is 3. The second-order valence-corrected chi connectivity index (χ2v) is 6.23. The van der Waals surface area contributed by atoms with Crippen LogP contribution in [0.1, 0.15) is 46.0 Å². The van der Waals surface area contributed by atoms with Gasteiger partial charge in [-0.2, -0.15) is 0 Å². The van der Waals surface area contributed by atoms with E-state index in [9.17, 15) is 5.11 Å². The molecule has 21 heavy (non-hydrogen) atoms. The standard InChI is InChI=1S/C18H30N2O/c1-3-18(15-21,19-16-11-12-16)13-8-14-20(4-2)17-9-6-5-7-10-17/h5-7,9-10,16,19,21H,3-4,8,11-15H2,1-2H3. The van der Waals surface area contributed by atoms with E-state index in [4.69, 9.17) is 0 Å². The molecule has 1 aromatic rings. The maximum atomic E-state index is 9.82. The van der Waals surface area contributed by atoms with Gasteiger partial charge in [0.05, 0.1) is 6.61 Å². The highest BCUT2D eigenvalue weighted by Gasteiger charge is 2.33. The molecule has 3 nitrogen and oxygen atoms in total. The van der Waals surface area contributed by atoms with E-state index in [0.29, 0.717) is 6.04 Å². The molecule has 1 atom stereocenters. The Morgan fingerprint density at radius 1 is 1.24 bits per heavy atom. The second-order valence-electron chi connectivity index (χ2n) is 6.23. The molecule has 1 aliphatic rings. The van der Waals surface area contributed by atoms with Crippen molar-refractivity contribution in [1.82, 2.24) is 5.32 Å². The summed E-state index contributed by atoms with van der Waals surface area (Å²) in [4.78, 5) is 2.41. The summed E-state index contributed by atoms with van der Waals surface area (Å²) in [5, 5.41) is 13.5. The van der Waals surface area contributed by atoms with E-state index in [-0.39, 0.29) is 12.1 Å². The number of anilines is 1. The molecule has 3 heteroatoms. The lowest BCUT2D eigenvalue weighted by Gasteiger charge is -2.33. The normalized spacial score (nSPS) is 17.5. The minimum absolute atomic E-state index is 0.0722. The third-order valence-electron chi connectivity index (χ3n) is 4.65. The number of nitrogens with one attached hydrogen (secondary N) is 1. The molecule has 0 bridgehead atoms. The molecule has 0 aliphatic heterocycles. The number of aliphatic hydroxyl groups excluding tert-OH is 1. The fourth-order valence-corrected chi connectivity index (χ4v) is 2.97. The Morgan fingerprint density at radius 3 is 2.48 bits per heavy atom. The van der Waals surface area contributed by atoms with Gasteiger partial charge in [-0.1, -0.05) is 25.1 Å². The summed E-state index contributed by atoms with van der Waals surface area (Å²) in [6, 6.07) is 11.2. The molecule has 2 rings (SSSR count). The highest BCUT2D eigenvalue weighted by molar-refractivity contribution is 5.45. The van der Waals surface area contributed by atoms with Crippen molar-refractivity contribution in [2.24, 2.45) is 0 Å². The monoisotopic (exact) mass is 290 g/mol. The zero-order valence-electron chi connectivity index (χ0n) is 13.5. The third-order valence-corrected chi connectivity index (χ3v) is 4.65. The van der Waals surface area contributed by atoms with Crippen molar-refractivity contribution in [2.75, 3.05) is 24.6 Å². The fraction of sp³-hybridized carbons (Fsp3) is 0.667. The number of aliphatic hydroxyl groups is 1. The van der Waals surface area contributed by atoms with Crippen molar-refractivity contribution in [3.05, 3.63) is 30.3 Å². The fourth-order valence-electron chi connectivity index (χ4n) is 2.97. The van der Waals surface area contributed by atoms with Crippen LogP contribution in [0.25, 0.3) is 0 Å². The van der Waals surface area contributed by atoms with Crippen LogP contribution in [-0.4, -0.2) is 36.4 Å². The molecule has 0 spiro atoms. The zero-order chi connectivity index (χ0) is 15.1. The largest absolute Gasteiger partial charge is 0.394 e. The van der Waals surface area contributed by atoms with Gasteiger partial charge in [0.15, 0.2) is 0 Å². The van der Waals surface area contributed by atoms with E-state index in [1.165, 1.54) is 18.5 Å². The Kier molecular flexibility index (Phi) is 6.07. The van der Waals surface area contributed by atoms with Crippen LogP contribution >= 0.6 is 0 Å². The van der Waals surface area contributed by atoms with Gasteiger partial charge < -0.3 is 15.3 Å². The van der Waals surface area contributed by atoms with Crippen molar-refractivity contribution < 1.29 is 5.11 Å². The molecule has 1 saturated carbocycles. The number of rotatable bonds is 10. The van der Waals surface area contributed by atoms with Crippen molar-refractivity contribution in [1.29, 1.82) is 0 Å². The summed E-state index contributed by atoms with van der Waals surface area (Å²) in [7, 11) is 0. The van der Waals surface area contributed by atoms with E-state index in [1.807, 2.05) is 0 Å². The third kappa shape index (κ3) is 4.72. The topological polar surface area (TPSA) is 35.5 Å². The Bertz CT molecular complexity index is 399. The molecular formula is C18H30N2O. The Morgan fingerprint density at radius 2 is 1.95 bits per heavy atom. The Balaban J connectivity index is 1.85. The molecule has 1 unspecified atom stereocenters. The number of hydrogen-bond donors (Lipinski definition) is 2. The van der Waals surface area contributed by atoms with Gasteiger partial charge in [0, 0.05) is 30.4 Å². The lowest BCUT2D eigenvalue weighted by molar-refractivity contribution is 0.143. The summed E-state index contributed by atoms with van der Waals surface area (Å²) in [6.07, 6.45) is 5.69. The first-order valence-corrected chi connectivity index (χ1v) is 8.41. The average molecular weight is 290 g/mol. The van der Waals surface area contributed by atoms with Gasteiger partial charge in [-0.3, -0.25) is 0 Å². The first kappa shape index (κ1) is 16.3. The Hall–Kier alpha value is -1.06. The summed E-state index contributed by atoms with van der Waals surface area (Å²) in [5.74, 6) is 0. The van der Waals surface area contributed by atoms with Gasteiger partial charge in [-0.15, -0.1) is 0 Å². The van der Waals surface area contributed by atoms with E-state index < -0.39 is 0 Å². The van der Waals surface area contributed by atoms with Crippen molar-refractivity contribution >= 4 is 5.69 Å². The van der Waals surface area contributed by atoms with Crippen LogP contribution in [0, 0.1) is 0 Å². The molecule has 0 saturated heterocycles.